The van der Waals surface area contributed by atoms with E-state index in [0.717, 1.165) is 16.7 Å². The van der Waals surface area contributed by atoms with E-state index in [4.69, 9.17) is 4.74 Å². The van der Waals surface area contributed by atoms with Gasteiger partial charge in [0, 0.05) is 35.0 Å². The summed E-state index contributed by atoms with van der Waals surface area (Å²) in [5.74, 6) is 1.13. The second-order valence-corrected chi connectivity index (χ2v) is 8.91. The zero-order chi connectivity index (χ0) is 25.9. The predicted octanol–water partition coefficient (Wildman–Crippen LogP) is 4.41. The number of aromatic nitrogens is 4. The highest BCUT2D eigenvalue weighted by Gasteiger charge is 2.20. The Bertz CT molecular complexity index is 1640. The summed E-state index contributed by atoms with van der Waals surface area (Å²) in [6, 6.07) is 24.7. The highest BCUT2D eigenvalue weighted by molar-refractivity contribution is 5.91. The van der Waals surface area contributed by atoms with Crippen LogP contribution in [0.2, 0.25) is 0 Å². The van der Waals surface area contributed by atoms with Gasteiger partial charge in [0.2, 0.25) is 11.7 Å². The van der Waals surface area contributed by atoms with Gasteiger partial charge in [-0.05, 0) is 31.5 Å². The number of rotatable bonds is 7. The molecular weight excluding hydrogens is 466 g/mol. The standard InChI is InChI=1S/C29H27N5O3/c1-19-12-14-22(15-13-19)27-31-29-33(18-26(35)30-23-10-7-11-24(17-23)37-3)20(2)25(28(36)34(29)32-27)16-21-8-5-4-6-9-21/h4-15,17H,16,18H2,1-3H3,(H,30,35). The van der Waals surface area contributed by atoms with E-state index in [9.17, 15) is 9.59 Å². The first-order chi connectivity index (χ1) is 17.9. The average Bonchev–Trinajstić information content (AvgIpc) is 3.36. The third-order valence-electron chi connectivity index (χ3n) is 6.31. The van der Waals surface area contributed by atoms with Crippen molar-refractivity contribution in [3.63, 3.8) is 0 Å². The molecule has 0 spiro atoms. The zero-order valence-corrected chi connectivity index (χ0v) is 20.9. The normalized spacial score (nSPS) is 11.0. The number of methoxy groups -OCH3 is 1. The number of hydrogen-bond acceptors (Lipinski definition) is 5. The van der Waals surface area contributed by atoms with E-state index in [1.807, 2.05) is 80.6 Å². The summed E-state index contributed by atoms with van der Waals surface area (Å²) < 4.78 is 8.31. The zero-order valence-electron chi connectivity index (χ0n) is 20.9. The number of benzene rings is 3. The van der Waals surface area contributed by atoms with Gasteiger partial charge in [0.15, 0.2) is 5.82 Å². The van der Waals surface area contributed by atoms with E-state index < -0.39 is 0 Å². The van der Waals surface area contributed by atoms with Crippen molar-refractivity contribution in [1.82, 2.24) is 19.2 Å². The number of fused-ring (bicyclic) bond motifs is 1. The Labute approximate surface area is 214 Å². The van der Waals surface area contributed by atoms with Crippen molar-refractivity contribution >= 4 is 17.4 Å². The molecule has 0 bridgehead atoms. The van der Waals surface area contributed by atoms with E-state index in [2.05, 4.69) is 15.4 Å². The number of anilines is 1. The smallest absolute Gasteiger partial charge is 0.279 e. The lowest BCUT2D eigenvalue weighted by Crippen LogP contribution is -2.29. The van der Waals surface area contributed by atoms with Gasteiger partial charge in [-0.1, -0.05) is 66.2 Å². The van der Waals surface area contributed by atoms with Gasteiger partial charge in [0.05, 0.1) is 7.11 Å². The van der Waals surface area contributed by atoms with Crippen LogP contribution in [0.1, 0.15) is 22.4 Å². The molecule has 0 unspecified atom stereocenters. The van der Waals surface area contributed by atoms with Gasteiger partial charge in [0.1, 0.15) is 12.3 Å². The fraction of sp³-hybridized carbons (Fsp3) is 0.172. The molecule has 2 heterocycles. The number of ether oxygens (including phenoxy) is 1. The third kappa shape index (κ3) is 4.99. The van der Waals surface area contributed by atoms with E-state index in [-0.39, 0.29) is 18.0 Å². The van der Waals surface area contributed by atoms with Crippen LogP contribution in [0.15, 0.2) is 83.7 Å². The first-order valence-corrected chi connectivity index (χ1v) is 12.0. The third-order valence-corrected chi connectivity index (χ3v) is 6.31. The second-order valence-electron chi connectivity index (χ2n) is 8.91. The van der Waals surface area contributed by atoms with Crippen molar-refractivity contribution in [1.29, 1.82) is 0 Å². The number of nitrogens with zero attached hydrogens (tertiary/aromatic N) is 4. The molecule has 2 aromatic heterocycles. The van der Waals surface area contributed by atoms with Crippen LogP contribution in [0.3, 0.4) is 0 Å². The maximum absolute atomic E-state index is 13.6. The molecule has 1 N–H and O–H groups in total. The van der Waals surface area contributed by atoms with Crippen LogP contribution in [0.5, 0.6) is 5.75 Å². The summed E-state index contributed by atoms with van der Waals surface area (Å²) >= 11 is 0. The van der Waals surface area contributed by atoms with Gasteiger partial charge in [-0.25, -0.2) is 0 Å². The molecule has 0 saturated heterocycles. The molecule has 0 aliphatic rings. The molecule has 0 aliphatic heterocycles. The van der Waals surface area contributed by atoms with Crippen molar-refractivity contribution in [2.75, 3.05) is 12.4 Å². The Morgan fingerprint density at radius 2 is 1.73 bits per heavy atom. The number of amides is 1. The van der Waals surface area contributed by atoms with Crippen molar-refractivity contribution in [3.05, 3.63) is 112 Å². The van der Waals surface area contributed by atoms with Crippen LogP contribution >= 0.6 is 0 Å². The first kappa shape index (κ1) is 24.0. The van der Waals surface area contributed by atoms with Gasteiger partial charge < -0.3 is 14.6 Å². The lowest BCUT2D eigenvalue weighted by molar-refractivity contribution is -0.116. The number of nitrogens with one attached hydrogen (secondary N) is 1. The van der Waals surface area contributed by atoms with Crippen LogP contribution in [-0.2, 0) is 17.8 Å². The molecule has 0 atom stereocenters. The van der Waals surface area contributed by atoms with Crippen molar-refractivity contribution in [2.24, 2.45) is 0 Å². The first-order valence-electron chi connectivity index (χ1n) is 12.0. The molecule has 0 aliphatic carbocycles. The average molecular weight is 494 g/mol. The Morgan fingerprint density at radius 1 is 0.973 bits per heavy atom. The molecule has 37 heavy (non-hydrogen) atoms. The quantitative estimate of drug-likeness (QED) is 0.363. The summed E-state index contributed by atoms with van der Waals surface area (Å²) in [5.41, 5.74) is 4.51. The molecular formula is C29H27N5O3. The molecule has 5 rings (SSSR count). The molecule has 0 radical (unpaired) electrons. The van der Waals surface area contributed by atoms with Crippen LogP contribution in [0.25, 0.3) is 17.2 Å². The van der Waals surface area contributed by atoms with Crippen LogP contribution in [0.4, 0.5) is 5.69 Å². The fourth-order valence-electron chi connectivity index (χ4n) is 4.27. The summed E-state index contributed by atoms with van der Waals surface area (Å²) in [5, 5.41) is 7.46. The Hall–Kier alpha value is -4.72. The monoisotopic (exact) mass is 493 g/mol. The minimum Gasteiger partial charge on any atom is -0.497 e. The van der Waals surface area contributed by atoms with Gasteiger partial charge in [-0.2, -0.15) is 9.50 Å². The number of carbonyl (C=O) groups is 1. The van der Waals surface area contributed by atoms with Crippen LogP contribution in [-0.4, -0.2) is 32.2 Å². The lowest BCUT2D eigenvalue weighted by Gasteiger charge is -2.16. The van der Waals surface area contributed by atoms with Crippen molar-refractivity contribution < 1.29 is 9.53 Å². The van der Waals surface area contributed by atoms with E-state index in [1.54, 1.807) is 23.8 Å². The van der Waals surface area contributed by atoms with Crippen LogP contribution in [0, 0.1) is 13.8 Å². The molecule has 0 saturated carbocycles. The highest BCUT2D eigenvalue weighted by Crippen LogP contribution is 2.20. The fourth-order valence-corrected chi connectivity index (χ4v) is 4.27. The maximum atomic E-state index is 13.6. The molecule has 0 fully saturated rings. The van der Waals surface area contributed by atoms with Crippen molar-refractivity contribution in [2.45, 2.75) is 26.8 Å². The van der Waals surface area contributed by atoms with Crippen LogP contribution < -0.4 is 15.6 Å². The SMILES string of the molecule is COc1cccc(NC(=O)Cn2c(C)c(Cc3ccccc3)c(=O)n3nc(-c4ccc(C)cc4)nc23)c1. The molecule has 1 amide bonds. The summed E-state index contributed by atoms with van der Waals surface area (Å²) in [6.45, 7) is 3.81. The highest BCUT2D eigenvalue weighted by atomic mass is 16.5. The van der Waals surface area contributed by atoms with Gasteiger partial charge in [-0.3, -0.25) is 9.59 Å². The predicted molar refractivity (Wildman–Crippen MR) is 143 cm³/mol. The molecule has 8 nitrogen and oxygen atoms in total. The van der Waals surface area contributed by atoms with Gasteiger partial charge in [0.25, 0.3) is 5.56 Å². The lowest BCUT2D eigenvalue weighted by atomic mass is 10.0. The second kappa shape index (κ2) is 10.1. The summed E-state index contributed by atoms with van der Waals surface area (Å²) in [7, 11) is 1.58. The number of carbonyl (C=O) groups excluding carboxylic acids is 1. The number of hydrogen-bond donors (Lipinski definition) is 1. The van der Waals surface area contributed by atoms with E-state index in [1.165, 1.54) is 4.52 Å². The number of aryl methyl sites for hydroxylation is 1. The molecule has 3 aromatic carbocycles. The van der Waals surface area contributed by atoms with E-state index in [0.29, 0.717) is 40.7 Å². The Morgan fingerprint density at radius 3 is 2.46 bits per heavy atom. The maximum Gasteiger partial charge on any atom is 0.279 e. The molecule has 186 valence electrons. The molecule has 5 aromatic rings. The topological polar surface area (TPSA) is 90.5 Å². The molecule has 8 heteroatoms. The minimum atomic E-state index is -0.257. The summed E-state index contributed by atoms with van der Waals surface area (Å²) in [4.78, 5) is 31.4. The minimum absolute atomic E-state index is 0.0410. The van der Waals surface area contributed by atoms with Crippen molar-refractivity contribution in [3.8, 4) is 17.1 Å². The van der Waals surface area contributed by atoms with Gasteiger partial charge >= 0.3 is 0 Å². The largest absolute Gasteiger partial charge is 0.497 e. The van der Waals surface area contributed by atoms with E-state index >= 15 is 0 Å². The Balaban J connectivity index is 1.59. The Kier molecular flexibility index (Phi) is 6.55. The van der Waals surface area contributed by atoms with Gasteiger partial charge in [-0.15, -0.1) is 5.10 Å². The summed E-state index contributed by atoms with van der Waals surface area (Å²) in [6.07, 6.45) is 0.415.